The third-order valence-corrected chi connectivity index (χ3v) is 3.45. The molecule has 0 radical (unpaired) electrons. The second kappa shape index (κ2) is 4.44. The Morgan fingerprint density at radius 3 is 2.73 bits per heavy atom. The molecule has 2 heteroatoms. The summed E-state index contributed by atoms with van der Waals surface area (Å²) in [6.45, 7) is 0. The molecule has 1 aliphatic carbocycles. The van der Waals surface area contributed by atoms with Crippen molar-refractivity contribution in [3.8, 4) is 6.07 Å². The zero-order valence-electron chi connectivity index (χ0n) is 8.89. The van der Waals surface area contributed by atoms with Gasteiger partial charge in [-0.3, -0.25) is 4.99 Å². The molecule has 0 aromatic rings. The fraction of sp³-hybridized carbons (Fsp3) is 0.538. The highest BCUT2D eigenvalue weighted by Gasteiger charge is 2.38. The molecule has 15 heavy (non-hydrogen) atoms. The molecule has 1 saturated carbocycles. The quantitative estimate of drug-likeness (QED) is 0.640. The van der Waals surface area contributed by atoms with Crippen LogP contribution in [0.25, 0.3) is 0 Å². The van der Waals surface area contributed by atoms with Gasteiger partial charge in [-0.05, 0) is 18.9 Å². The maximum absolute atomic E-state index is 9.42. The Morgan fingerprint density at radius 2 is 2.00 bits per heavy atom. The van der Waals surface area contributed by atoms with Crippen molar-refractivity contribution >= 4 is 6.21 Å². The summed E-state index contributed by atoms with van der Waals surface area (Å²) in [6.07, 6.45) is 15.4. The van der Waals surface area contributed by atoms with Crippen LogP contribution in [0, 0.1) is 22.7 Å². The van der Waals surface area contributed by atoms with Crippen LogP contribution in [0.4, 0.5) is 0 Å². The molecule has 1 heterocycles. The lowest BCUT2D eigenvalue weighted by Gasteiger charge is -2.34. The van der Waals surface area contributed by atoms with Crippen molar-refractivity contribution in [1.29, 1.82) is 5.26 Å². The standard InChI is InChI=1S/C13H16N2/c14-11-13(7-3-1-4-8-13)12-6-2-5-9-15-10-12/h2,5-6,9-10,12H,1,3-4,7-8H2. The number of nitriles is 1. The maximum atomic E-state index is 9.42. The van der Waals surface area contributed by atoms with Crippen LogP contribution in [-0.2, 0) is 0 Å². The van der Waals surface area contributed by atoms with E-state index >= 15 is 0 Å². The molecule has 78 valence electrons. The summed E-state index contributed by atoms with van der Waals surface area (Å²) < 4.78 is 0. The van der Waals surface area contributed by atoms with Crippen molar-refractivity contribution < 1.29 is 0 Å². The highest BCUT2D eigenvalue weighted by atomic mass is 14.7. The second-order valence-electron chi connectivity index (χ2n) is 4.38. The normalized spacial score (nSPS) is 28.3. The molecule has 1 aliphatic heterocycles. The van der Waals surface area contributed by atoms with Crippen molar-refractivity contribution in [2.45, 2.75) is 32.1 Å². The van der Waals surface area contributed by atoms with Crippen LogP contribution in [0.3, 0.4) is 0 Å². The van der Waals surface area contributed by atoms with E-state index in [1.807, 2.05) is 18.4 Å². The third-order valence-electron chi connectivity index (χ3n) is 3.45. The van der Waals surface area contributed by atoms with Gasteiger partial charge in [0.15, 0.2) is 0 Å². The molecular weight excluding hydrogens is 184 g/mol. The van der Waals surface area contributed by atoms with Crippen LogP contribution in [0.5, 0.6) is 0 Å². The monoisotopic (exact) mass is 200 g/mol. The van der Waals surface area contributed by atoms with Crippen LogP contribution in [0.15, 0.2) is 29.4 Å². The van der Waals surface area contributed by atoms with E-state index in [-0.39, 0.29) is 11.3 Å². The Morgan fingerprint density at radius 1 is 1.20 bits per heavy atom. The maximum Gasteiger partial charge on any atom is 0.0699 e. The number of aliphatic imine (C=N–C) groups is 1. The van der Waals surface area contributed by atoms with Crippen molar-refractivity contribution in [2.75, 3.05) is 0 Å². The van der Waals surface area contributed by atoms with Crippen LogP contribution < -0.4 is 0 Å². The number of hydrogen-bond acceptors (Lipinski definition) is 2. The SMILES string of the molecule is N#CC1(C2C=CC=CN=C2)CCCCC1. The third kappa shape index (κ3) is 2.02. The van der Waals surface area contributed by atoms with Crippen LogP contribution >= 0.6 is 0 Å². The van der Waals surface area contributed by atoms with E-state index in [2.05, 4.69) is 17.1 Å². The van der Waals surface area contributed by atoms with Gasteiger partial charge in [0.05, 0.1) is 11.5 Å². The van der Waals surface area contributed by atoms with Crippen molar-refractivity contribution in [2.24, 2.45) is 16.3 Å². The van der Waals surface area contributed by atoms with E-state index in [9.17, 15) is 5.26 Å². The molecule has 0 amide bonds. The predicted octanol–water partition coefficient (Wildman–Crippen LogP) is 3.23. The number of nitrogens with zero attached hydrogens (tertiary/aromatic N) is 2. The fourth-order valence-corrected chi connectivity index (χ4v) is 2.50. The lowest BCUT2D eigenvalue weighted by Crippen LogP contribution is -2.31. The van der Waals surface area contributed by atoms with Crippen LogP contribution in [-0.4, -0.2) is 6.21 Å². The van der Waals surface area contributed by atoms with Crippen molar-refractivity contribution in [3.63, 3.8) is 0 Å². The van der Waals surface area contributed by atoms with E-state index in [0.29, 0.717) is 0 Å². The number of hydrogen-bond donors (Lipinski definition) is 0. The molecule has 1 atom stereocenters. The zero-order valence-corrected chi connectivity index (χ0v) is 8.89. The topological polar surface area (TPSA) is 36.1 Å². The van der Waals surface area contributed by atoms with Gasteiger partial charge in [-0.2, -0.15) is 5.26 Å². The average Bonchev–Trinajstić information content (AvgIpc) is 2.59. The van der Waals surface area contributed by atoms with E-state index in [0.717, 1.165) is 12.8 Å². The second-order valence-corrected chi connectivity index (χ2v) is 4.38. The Hall–Kier alpha value is -1.36. The van der Waals surface area contributed by atoms with Crippen molar-refractivity contribution in [3.05, 3.63) is 24.4 Å². The van der Waals surface area contributed by atoms with Gasteiger partial charge in [0.2, 0.25) is 0 Å². The summed E-state index contributed by atoms with van der Waals surface area (Å²) in [5, 5.41) is 9.42. The first-order chi connectivity index (χ1) is 7.37. The van der Waals surface area contributed by atoms with Crippen LogP contribution in [0.2, 0.25) is 0 Å². The number of rotatable bonds is 1. The van der Waals surface area contributed by atoms with Gasteiger partial charge in [0.1, 0.15) is 0 Å². The molecule has 0 aromatic carbocycles. The molecular formula is C13H16N2. The van der Waals surface area contributed by atoms with Gasteiger partial charge < -0.3 is 0 Å². The zero-order chi connectivity index (χ0) is 10.6. The molecule has 1 unspecified atom stereocenters. The highest BCUT2D eigenvalue weighted by Crippen LogP contribution is 2.42. The Balaban J connectivity index is 2.22. The minimum atomic E-state index is -0.190. The molecule has 2 aliphatic rings. The first-order valence-electron chi connectivity index (χ1n) is 5.65. The van der Waals surface area contributed by atoms with Gasteiger partial charge in [0.25, 0.3) is 0 Å². The van der Waals surface area contributed by atoms with Gasteiger partial charge in [0, 0.05) is 18.3 Å². The summed E-state index contributed by atoms with van der Waals surface area (Å²) in [7, 11) is 0. The first-order valence-corrected chi connectivity index (χ1v) is 5.65. The minimum Gasteiger partial charge on any atom is -0.268 e. The summed E-state index contributed by atoms with van der Waals surface area (Å²) in [5.41, 5.74) is -0.190. The molecule has 0 bridgehead atoms. The summed E-state index contributed by atoms with van der Waals surface area (Å²) in [6, 6.07) is 2.54. The smallest absolute Gasteiger partial charge is 0.0699 e. The van der Waals surface area contributed by atoms with E-state index in [1.165, 1.54) is 19.3 Å². The lowest BCUT2D eigenvalue weighted by molar-refractivity contribution is 0.239. The van der Waals surface area contributed by atoms with E-state index < -0.39 is 0 Å². The molecule has 0 saturated heterocycles. The number of allylic oxidation sites excluding steroid dienone is 3. The average molecular weight is 200 g/mol. The summed E-state index contributed by atoms with van der Waals surface area (Å²) in [4.78, 5) is 4.20. The van der Waals surface area contributed by atoms with Crippen LogP contribution in [0.1, 0.15) is 32.1 Å². The minimum absolute atomic E-state index is 0.190. The predicted molar refractivity (Wildman–Crippen MR) is 61.4 cm³/mol. The first kappa shape index (κ1) is 10.2. The molecule has 0 spiro atoms. The Bertz CT molecular complexity index is 322. The van der Waals surface area contributed by atoms with Gasteiger partial charge >= 0.3 is 0 Å². The van der Waals surface area contributed by atoms with Gasteiger partial charge in [-0.15, -0.1) is 0 Å². The van der Waals surface area contributed by atoms with E-state index in [1.54, 1.807) is 6.20 Å². The molecule has 2 rings (SSSR count). The largest absolute Gasteiger partial charge is 0.268 e. The summed E-state index contributed by atoms with van der Waals surface area (Å²) >= 11 is 0. The Labute approximate surface area is 91.0 Å². The molecule has 0 aromatic heterocycles. The highest BCUT2D eigenvalue weighted by molar-refractivity contribution is 5.67. The molecule has 1 fully saturated rings. The van der Waals surface area contributed by atoms with Gasteiger partial charge in [-0.1, -0.05) is 31.4 Å². The summed E-state index contributed by atoms with van der Waals surface area (Å²) in [5.74, 6) is 0.192. The van der Waals surface area contributed by atoms with Crippen molar-refractivity contribution in [1.82, 2.24) is 0 Å². The lowest BCUT2D eigenvalue weighted by atomic mass is 9.67. The van der Waals surface area contributed by atoms with Gasteiger partial charge in [-0.25, -0.2) is 0 Å². The Kier molecular flexibility index (Phi) is 3.01. The van der Waals surface area contributed by atoms with E-state index in [4.69, 9.17) is 0 Å². The molecule has 0 N–H and O–H groups in total. The fourth-order valence-electron chi connectivity index (χ4n) is 2.50. The molecule has 2 nitrogen and oxygen atoms in total.